The number of methoxy groups -OCH3 is 2. The van der Waals surface area contributed by atoms with Crippen LogP contribution in [0.2, 0.25) is 5.02 Å². The minimum absolute atomic E-state index is 0.0178. The van der Waals surface area contributed by atoms with Crippen LogP contribution < -0.4 is 20.8 Å². The Morgan fingerprint density at radius 3 is 2.28 bits per heavy atom. The molecule has 0 fully saturated rings. The molecule has 1 unspecified atom stereocenters. The van der Waals surface area contributed by atoms with Gasteiger partial charge in [0.1, 0.15) is 5.57 Å². The van der Waals surface area contributed by atoms with Gasteiger partial charge in [0.2, 0.25) is 11.8 Å². The second-order valence-corrected chi connectivity index (χ2v) is 16.7. The molecule has 5 rings (SSSR count). The monoisotopic (exact) mass is 846 g/mol. The van der Waals surface area contributed by atoms with Gasteiger partial charge in [-0.05, 0) is 98.9 Å². The number of aryl methyl sites for hydroxylation is 1. The van der Waals surface area contributed by atoms with E-state index in [1.54, 1.807) is 27.3 Å². The van der Waals surface area contributed by atoms with Gasteiger partial charge in [0.15, 0.2) is 0 Å². The summed E-state index contributed by atoms with van der Waals surface area (Å²) in [6, 6.07) is 13.7. The highest BCUT2D eigenvalue weighted by Crippen LogP contribution is 2.43. The van der Waals surface area contributed by atoms with Gasteiger partial charge in [-0.3, -0.25) is 19.4 Å². The molecule has 0 bridgehead atoms. The zero-order valence-corrected chi connectivity index (χ0v) is 39.2. The fraction of sp³-hybridized carbons (Fsp3) is 0.551. The smallest absolute Gasteiger partial charge is 0.273 e. The van der Waals surface area contributed by atoms with Crippen molar-refractivity contribution in [2.45, 2.75) is 132 Å². The van der Waals surface area contributed by atoms with E-state index in [1.807, 2.05) is 50.2 Å². The Bertz CT molecular complexity index is 1920. The zero-order chi connectivity index (χ0) is 44.6. The summed E-state index contributed by atoms with van der Waals surface area (Å²) in [4.78, 5) is 42.2. The van der Waals surface area contributed by atoms with Crippen LogP contribution in [0.25, 0.3) is 22.4 Å². The van der Waals surface area contributed by atoms with Crippen LogP contribution in [-0.2, 0) is 25.5 Å². The van der Waals surface area contributed by atoms with Gasteiger partial charge in [-0.2, -0.15) is 0 Å². The predicted octanol–water partition coefficient (Wildman–Crippen LogP) is 10.9. The molecule has 0 spiro atoms. The van der Waals surface area contributed by atoms with Crippen LogP contribution in [0.5, 0.6) is 5.88 Å². The molecular formula is C49H72ClN5O5. The number of likely N-dealkylation sites (N-methyl/N-ethyl adjacent to an activating group) is 1. The van der Waals surface area contributed by atoms with Crippen LogP contribution in [0.1, 0.15) is 129 Å². The summed E-state index contributed by atoms with van der Waals surface area (Å²) < 4.78 is 10.3. The highest BCUT2D eigenvalue weighted by molar-refractivity contribution is 6.36. The molecule has 3 N–H and O–H groups in total. The van der Waals surface area contributed by atoms with Gasteiger partial charge in [0.25, 0.3) is 11.8 Å². The number of nitrogens with one attached hydrogen (secondary N) is 3. The Morgan fingerprint density at radius 2 is 1.68 bits per heavy atom. The molecule has 0 saturated heterocycles. The molecule has 1 aromatic heterocycles. The fourth-order valence-electron chi connectivity index (χ4n) is 7.47. The summed E-state index contributed by atoms with van der Waals surface area (Å²) in [6.07, 6.45) is 11.3. The van der Waals surface area contributed by atoms with Crippen molar-refractivity contribution in [2.24, 2.45) is 11.8 Å². The van der Waals surface area contributed by atoms with E-state index < -0.39 is 5.91 Å². The third-order valence-corrected chi connectivity index (χ3v) is 12.6. The fourth-order valence-corrected chi connectivity index (χ4v) is 7.80. The van der Waals surface area contributed by atoms with E-state index >= 15 is 0 Å². The number of amides is 3. The van der Waals surface area contributed by atoms with Gasteiger partial charge >= 0.3 is 0 Å². The molecule has 2 aromatic carbocycles. The number of fused-ring (bicyclic) bond motifs is 1. The Hall–Kier alpha value is -4.25. The molecule has 10 nitrogen and oxygen atoms in total. The van der Waals surface area contributed by atoms with Crippen molar-refractivity contribution in [3.63, 3.8) is 0 Å². The van der Waals surface area contributed by atoms with Gasteiger partial charge in [0.05, 0.1) is 17.8 Å². The maximum atomic E-state index is 12.9. The molecular weight excluding hydrogens is 774 g/mol. The molecule has 1 aliphatic heterocycles. The van der Waals surface area contributed by atoms with Crippen LogP contribution in [0.15, 0.2) is 54.1 Å². The van der Waals surface area contributed by atoms with E-state index in [0.29, 0.717) is 29.1 Å². The van der Waals surface area contributed by atoms with E-state index in [0.717, 1.165) is 85.4 Å². The number of hydrogen-bond donors (Lipinski definition) is 3. The summed E-state index contributed by atoms with van der Waals surface area (Å²) in [6.45, 7) is 20.5. The molecule has 0 saturated carbocycles. The van der Waals surface area contributed by atoms with E-state index in [9.17, 15) is 14.4 Å². The lowest BCUT2D eigenvalue weighted by Crippen LogP contribution is -2.49. The second-order valence-electron chi connectivity index (χ2n) is 16.3. The van der Waals surface area contributed by atoms with Gasteiger partial charge in [-0.25, -0.2) is 10.4 Å². The average molecular weight is 847 g/mol. The van der Waals surface area contributed by atoms with Crippen molar-refractivity contribution in [1.29, 1.82) is 0 Å². The number of carbonyl (C=O) groups excluding carboxylic acids is 3. The first-order chi connectivity index (χ1) is 28.7. The number of hydrazine groups is 1. The first-order valence-electron chi connectivity index (χ1n) is 22.0. The van der Waals surface area contributed by atoms with Gasteiger partial charge < -0.3 is 20.1 Å². The zero-order valence-electron chi connectivity index (χ0n) is 38.4. The normalized spacial score (nSPS) is 15.7. The molecule has 0 radical (unpaired) electrons. The highest BCUT2D eigenvalue weighted by Gasteiger charge is 2.30. The Kier molecular flexibility index (Phi) is 20.3. The highest BCUT2D eigenvalue weighted by atomic mass is 35.5. The lowest BCUT2D eigenvalue weighted by molar-refractivity contribution is -0.131. The van der Waals surface area contributed by atoms with E-state index in [2.05, 4.69) is 70.6 Å². The summed E-state index contributed by atoms with van der Waals surface area (Å²) in [5.74, 6) is 1.37. The van der Waals surface area contributed by atoms with Crippen molar-refractivity contribution in [3.8, 4) is 28.3 Å². The van der Waals surface area contributed by atoms with Gasteiger partial charge in [-0.1, -0.05) is 110 Å². The topological polar surface area (TPSA) is 122 Å². The quantitative estimate of drug-likeness (QED) is 0.123. The standard InChI is InChI=1S/C29H29ClN4O3.C16H33NO.C4H10O/c1-16-11-12-18-15-24(33-28(37-4)25(16)18)21-9-5-8-20(26(21)30)19-7-6-10-23(17(19)2)32-27(35)22-13-14-31-34(3)29(22)36;1-7-13(5)11-12-16(9-3,10-4)17-15(18)14(6)8-2;1-3-4-5-2/h5-10,13,15-16,31H,11-12,14H2,1-4H3,(H,32,35);13-14H,7-12H2,1-6H3,(H,17,18);3-4H2,1-2H3/t;13-,14-;/m.1./s1. The Morgan fingerprint density at radius 1 is 1.02 bits per heavy atom. The van der Waals surface area contributed by atoms with Crippen molar-refractivity contribution < 1.29 is 23.9 Å². The van der Waals surface area contributed by atoms with Crippen molar-refractivity contribution >= 4 is 35.0 Å². The van der Waals surface area contributed by atoms with Crippen LogP contribution in [-0.4, -0.2) is 67.7 Å². The number of rotatable bonds is 16. The maximum absolute atomic E-state index is 12.9. The summed E-state index contributed by atoms with van der Waals surface area (Å²) in [7, 11) is 4.96. The maximum Gasteiger partial charge on any atom is 0.273 e. The van der Waals surface area contributed by atoms with Crippen LogP contribution >= 0.6 is 11.6 Å². The molecule has 3 amide bonds. The van der Waals surface area contributed by atoms with Crippen molar-refractivity contribution in [3.05, 3.63) is 75.8 Å². The number of aromatic nitrogens is 1. The summed E-state index contributed by atoms with van der Waals surface area (Å²) in [5, 5.41) is 8.11. The molecule has 11 heteroatoms. The number of benzene rings is 2. The number of nitrogens with zero attached hydrogens (tertiary/aromatic N) is 2. The molecule has 2 heterocycles. The molecule has 1 aliphatic carbocycles. The third-order valence-electron chi connectivity index (χ3n) is 12.2. The van der Waals surface area contributed by atoms with Crippen LogP contribution in [0.4, 0.5) is 5.69 Å². The average Bonchev–Trinajstić information content (AvgIpc) is 3.64. The first-order valence-corrected chi connectivity index (χ1v) is 22.3. The summed E-state index contributed by atoms with van der Waals surface area (Å²) in [5.41, 5.74) is 10.2. The predicted molar refractivity (Wildman–Crippen MR) is 247 cm³/mol. The van der Waals surface area contributed by atoms with E-state index in [1.165, 1.54) is 29.0 Å². The third kappa shape index (κ3) is 12.9. The number of halogens is 1. The largest absolute Gasteiger partial charge is 0.481 e. The van der Waals surface area contributed by atoms with Crippen molar-refractivity contribution in [2.75, 3.05) is 39.7 Å². The number of carbonyl (C=O) groups is 3. The number of hydrogen-bond acceptors (Lipinski definition) is 7. The second kappa shape index (κ2) is 24.3. The molecule has 3 atom stereocenters. The van der Waals surface area contributed by atoms with Crippen LogP contribution in [0, 0.1) is 18.8 Å². The lowest BCUT2D eigenvalue weighted by Gasteiger charge is -2.35. The number of pyridine rings is 1. The molecule has 2 aliphatic rings. The summed E-state index contributed by atoms with van der Waals surface area (Å²) >= 11 is 7.01. The van der Waals surface area contributed by atoms with E-state index in [4.69, 9.17) is 26.1 Å². The molecule has 3 aromatic rings. The van der Waals surface area contributed by atoms with Gasteiger partial charge in [0, 0.05) is 61.1 Å². The first kappa shape index (κ1) is 50.1. The minimum atomic E-state index is -0.442. The van der Waals surface area contributed by atoms with Gasteiger partial charge in [-0.15, -0.1) is 0 Å². The van der Waals surface area contributed by atoms with Crippen molar-refractivity contribution in [1.82, 2.24) is 20.7 Å². The lowest BCUT2D eigenvalue weighted by atomic mass is 9.84. The SMILES string of the molecule is CCCOC.CC[C@@H](C)CCC(CC)(CC)NC(=O)[C@H](C)CC.COc1nc(-c2cccc(-c3cccc(NC(=O)C4=CCNN(C)C4=O)c3C)c2Cl)cc2c1C(C)CC2. The minimum Gasteiger partial charge on any atom is -0.481 e. The van der Waals surface area contributed by atoms with Crippen LogP contribution in [0.3, 0.4) is 0 Å². The Balaban J connectivity index is 0.000000350. The molecule has 330 valence electrons. The Labute approximate surface area is 365 Å². The molecule has 60 heavy (non-hydrogen) atoms. The van der Waals surface area contributed by atoms with E-state index in [-0.39, 0.29) is 28.8 Å². The number of anilines is 1. The number of ether oxygens (including phenoxy) is 2.